The first-order valence-electron chi connectivity index (χ1n) is 9.53. The van der Waals surface area contributed by atoms with E-state index in [1.54, 1.807) is 31.2 Å². The van der Waals surface area contributed by atoms with Crippen LogP contribution in [-0.4, -0.2) is 61.6 Å². The van der Waals surface area contributed by atoms with Gasteiger partial charge in [0.2, 0.25) is 5.91 Å². The van der Waals surface area contributed by atoms with Gasteiger partial charge in [-0.2, -0.15) is 0 Å². The van der Waals surface area contributed by atoms with Gasteiger partial charge in [-0.05, 0) is 31.4 Å². The SMILES string of the molecule is CC(C)CC(CNC(=O)C(C)NC(=O)c1ccccc1Cl)N1CCOCC1. The third-order valence-electron chi connectivity index (χ3n) is 4.68. The maximum atomic E-state index is 12.5. The van der Waals surface area contributed by atoms with Crippen molar-refractivity contribution in [3.63, 3.8) is 0 Å². The van der Waals surface area contributed by atoms with Crippen LogP contribution in [0.4, 0.5) is 0 Å². The lowest BCUT2D eigenvalue weighted by Crippen LogP contribution is -2.52. The highest BCUT2D eigenvalue weighted by Crippen LogP contribution is 2.15. The van der Waals surface area contributed by atoms with Crippen molar-refractivity contribution >= 4 is 23.4 Å². The number of nitrogens with zero attached hydrogens (tertiary/aromatic N) is 1. The monoisotopic (exact) mass is 395 g/mol. The van der Waals surface area contributed by atoms with Gasteiger partial charge in [0.15, 0.2) is 0 Å². The summed E-state index contributed by atoms with van der Waals surface area (Å²) in [7, 11) is 0. The van der Waals surface area contributed by atoms with Crippen LogP contribution in [-0.2, 0) is 9.53 Å². The standard InChI is InChI=1S/C20H30ClN3O3/c1-14(2)12-16(24-8-10-27-11-9-24)13-22-19(25)15(3)23-20(26)17-6-4-5-7-18(17)21/h4-7,14-16H,8-13H2,1-3H3,(H,22,25)(H,23,26). The molecule has 1 heterocycles. The summed E-state index contributed by atoms with van der Waals surface area (Å²) < 4.78 is 5.43. The number of rotatable bonds is 8. The Balaban J connectivity index is 1.88. The molecule has 1 aromatic rings. The quantitative estimate of drug-likeness (QED) is 0.708. The van der Waals surface area contributed by atoms with Crippen molar-refractivity contribution in [1.29, 1.82) is 0 Å². The molecule has 2 N–H and O–H groups in total. The third-order valence-corrected chi connectivity index (χ3v) is 5.01. The van der Waals surface area contributed by atoms with Crippen molar-refractivity contribution in [3.05, 3.63) is 34.9 Å². The molecule has 0 bridgehead atoms. The highest BCUT2D eigenvalue weighted by atomic mass is 35.5. The first-order valence-corrected chi connectivity index (χ1v) is 9.91. The predicted molar refractivity (Wildman–Crippen MR) is 107 cm³/mol. The molecule has 0 saturated carbocycles. The molecule has 27 heavy (non-hydrogen) atoms. The average molecular weight is 396 g/mol. The molecule has 0 aromatic heterocycles. The van der Waals surface area contributed by atoms with Crippen LogP contribution in [0.5, 0.6) is 0 Å². The fraction of sp³-hybridized carbons (Fsp3) is 0.600. The van der Waals surface area contributed by atoms with Crippen LogP contribution in [0.1, 0.15) is 37.6 Å². The number of benzene rings is 1. The topological polar surface area (TPSA) is 70.7 Å². The zero-order chi connectivity index (χ0) is 19.8. The molecule has 1 saturated heterocycles. The van der Waals surface area contributed by atoms with Gasteiger partial charge in [0.05, 0.1) is 23.8 Å². The molecule has 0 radical (unpaired) electrons. The summed E-state index contributed by atoms with van der Waals surface area (Å²) in [5.41, 5.74) is 0.366. The lowest BCUT2D eigenvalue weighted by Gasteiger charge is -2.35. The number of hydrogen-bond donors (Lipinski definition) is 2. The minimum atomic E-state index is -0.641. The minimum absolute atomic E-state index is 0.197. The molecular formula is C20H30ClN3O3. The predicted octanol–water partition coefficient (Wildman–Crippen LogP) is 2.32. The van der Waals surface area contributed by atoms with E-state index in [9.17, 15) is 9.59 Å². The molecule has 1 aliphatic heterocycles. The van der Waals surface area contributed by atoms with Gasteiger partial charge in [0.25, 0.3) is 5.91 Å². The number of amides is 2. The van der Waals surface area contributed by atoms with Crippen molar-refractivity contribution < 1.29 is 14.3 Å². The number of carbonyl (C=O) groups is 2. The first kappa shape index (κ1) is 21.7. The van der Waals surface area contributed by atoms with E-state index in [-0.39, 0.29) is 17.9 Å². The Kier molecular flexibility index (Phi) is 8.54. The second kappa shape index (κ2) is 10.6. The second-order valence-corrected chi connectivity index (χ2v) is 7.76. The van der Waals surface area contributed by atoms with Gasteiger partial charge in [-0.15, -0.1) is 0 Å². The smallest absolute Gasteiger partial charge is 0.253 e. The molecule has 2 amide bonds. The van der Waals surface area contributed by atoms with Crippen LogP contribution >= 0.6 is 11.6 Å². The highest BCUT2D eigenvalue weighted by molar-refractivity contribution is 6.33. The van der Waals surface area contributed by atoms with E-state index < -0.39 is 6.04 Å². The molecule has 150 valence electrons. The molecule has 1 aromatic carbocycles. The Bertz CT molecular complexity index is 633. The molecule has 0 aliphatic carbocycles. The highest BCUT2D eigenvalue weighted by Gasteiger charge is 2.24. The van der Waals surface area contributed by atoms with Crippen molar-refractivity contribution in [2.24, 2.45) is 5.92 Å². The van der Waals surface area contributed by atoms with Crippen molar-refractivity contribution in [2.45, 2.75) is 39.3 Å². The van der Waals surface area contributed by atoms with Crippen LogP contribution < -0.4 is 10.6 Å². The maximum Gasteiger partial charge on any atom is 0.253 e. The van der Waals surface area contributed by atoms with Gasteiger partial charge in [-0.1, -0.05) is 37.6 Å². The summed E-state index contributed by atoms with van der Waals surface area (Å²) in [4.78, 5) is 27.2. The fourth-order valence-electron chi connectivity index (χ4n) is 3.21. The fourth-order valence-corrected chi connectivity index (χ4v) is 3.43. The van der Waals surface area contributed by atoms with Crippen LogP contribution in [0.3, 0.4) is 0 Å². The maximum absolute atomic E-state index is 12.5. The Hall–Kier alpha value is -1.63. The molecule has 2 unspecified atom stereocenters. The van der Waals surface area contributed by atoms with E-state index in [2.05, 4.69) is 29.4 Å². The first-order chi connectivity index (χ1) is 12.9. The molecule has 2 rings (SSSR count). The van der Waals surface area contributed by atoms with Gasteiger partial charge in [0.1, 0.15) is 6.04 Å². The number of nitrogens with one attached hydrogen (secondary N) is 2. The lowest BCUT2D eigenvalue weighted by molar-refractivity contribution is -0.123. The Labute approximate surface area is 166 Å². The molecule has 1 fully saturated rings. The zero-order valence-corrected chi connectivity index (χ0v) is 17.1. The molecule has 1 aliphatic rings. The summed E-state index contributed by atoms with van der Waals surface area (Å²) in [6.45, 7) is 9.82. The average Bonchev–Trinajstić information content (AvgIpc) is 2.65. The summed E-state index contributed by atoms with van der Waals surface area (Å²) in [6.07, 6.45) is 1.00. The van der Waals surface area contributed by atoms with E-state index >= 15 is 0 Å². The van der Waals surface area contributed by atoms with E-state index in [1.807, 2.05) is 0 Å². The molecule has 2 atom stereocenters. The van der Waals surface area contributed by atoms with Crippen LogP contribution in [0.2, 0.25) is 5.02 Å². The van der Waals surface area contributed by atoms with E-state index in [0.717, 1.165) is 32.7 Å². The summed E-state index contributed by atoms with van der Waals surface area (Å²) in [5, 5.41) is 6.07. The van der Waals surface area contributed by atoms with Gasteiger partial charge >= 0.3 is 0 Å². The lowest BCUT2D eigenvalue weighted by atomic mass is 10.0. The van der Waals surface area contributed by atoms with E-state index in [4.69, 9.17) is 16.3 Å². The number of carbonyl (C=O) groups excluding carboxylic acids is 2. The number of ether oxygens (including phenoxy) is 1. The van der Waals surface area contributed by atoms with Gasteiger partial charge in [-0.3, -0.25) is 14.5 Å². The van der Waals surface area contributed by atoms with Gasteiger partial charge in [-0.25, -0.2) is 0 Å². The third kappa shape index (κ3) is 6.79. The Morgan fingerprint density at radius 2 is 1.85 bits per heavy atom. The van der Waals surface area contributed by atoms with Gasteiger partial charge < -0.3 is 15.4 Å². The second-order valence-electron chi connectivity index (χ2n) is 7.35. The van der Waals surface area contributed by atoms with Crippen molar-refractivity contribution in [2.75, 3.05) is 32.8 Å². The zero-order valence-electron chi connectivity index (χ0n) is 16.3. The summed E-state index contributed by atoms with van der Waals surface area (Å²) in [6, 6.07) is 6.42. The minimum Gasteiger partial charge on any atom is -0.379 e. The van der Waals surface area contributed by atoms with Gasteiger partial charge in [0, 0.05) is 25.7 Å². The summed E-state index contributed by atoms with van der Waals surface area (Å²) >= 11 is 6.04. The normalized spacial score (nSPS) is 17.4. The molecule has 0 spiro atoms. The van der Waals surface area contributed by atoms with Crippen molar-refractivity contribution in [3.8, 4) is 0 Å². The van der Waals surface area contributed by atoms with E-state index in [0.29, 0.717) is 23.0 Å². The molecular weight excluding hydrogens is 366 g/mol. The number of halogens is 1. The summed E-state index contributed by atoms with van der Waals surface area (Å²) in [5.74, 6) is -0.0142. The van der Waals surface area contributed by atoms with E-state index in [1.165, 1.54) is 0 Å². The number of morpholine rings is 1. The molecule has 7 heteroatoms. The van der Waals surface area contributed by atoms with Crippen LogP contribution in [0.15, 0.2) is 24.3 Å². The number of hydrogen-bond acceptors (Lipinski definition) is 4. The van der Waals surface area contributed by atoms with Crippen molar-refractivity contribution in [1.82, 2.24) is 15.5 Å². The van der Waals surface area contributed by atoms with Crippen LogP contribution in [0.25, 0.3) is 0 Å². The largest absolute Gasteiger partial charge is 0.379 e. The van der Waals surface area contributed by atoms with Crippen LogP contribution in [0, 0.1) is 5.92 Å². The molecule has 6 nitrogen and oxygen atoms in total. The Morgan fingerprint density at radius 1 is 1.19 bits per heavy atom. The Morgan fingerprint density at radius 3 is 2.48 bits per heavy atom.